The molecule has 0 spiro atoms. The standard InChI is InChI=1S/C14H11BrN2O2/c1-19-14(18)10-4-5-11(13(15)7-10)9-17-6-2-3-12(17)8-16/h2-7H,9H2,1H3. The first-order valence-electron chi connectivity index (χ1n) is 5.57. The minimum absolute atomic E-state index is 0.370. The van der Waals surface area contributed by atoms with E-state index in [0.717, 1.165) is 10.0 Å². The topological polar surface area (TPSA) is 55.0 Å². The zero-order valence-electron chi connectivity index (χ0n) is 10.3. The predicted molar refractivity (Wildman–Crippen MR) is 73.7 cm³/mol. The van der Waals surface area contributed by atoms with E-state index in [-0.39, 0.29) is 5.97 Å². The highest BCUT2D eigenvalue weighted by atomic mass is 79.9. The summed E-state index contributed by atoms with van der Waals surface area (Å²) in [4.78, 5) is 11.4. The normalized spacial score (nSPS) is 9.95. The van der Waals surface area contributed by atoms with Crippen LogP contribution in [-0.2, 0) is 11.3 Å². The fourth-order valence-electron chi connectivity index (χ4n) is 1.76. The molecule has 96 valence electrons. The minimum Gasteiger partial charge on any atom is -0.465 e. The molecule has 0 amide bonds. The first-order chi connectivity index (χ1) is 9.15. The highest BCUT2D eigenvalue weighted by molar-refractivity contribution is 9.10. The van der Waals surface area contributed by atoms with Gasteiger partial charge in [0.2, 0.25) is 0 Å². The molecule has 1 heterocycles. The van der Waals surface area contributed by atoms with Gasteiger partial charge in [0, 0.05) is 17.2 Å². The number of halogens is 1. The van der Waals surface area contributed by atoms with Crippen LogP contribution in [-0.4, -0.2) is 17.6 Å². The Labute approximate surface area is 119 Å². The summed E-state index contributed by atoms with van der Waals surface area (Å²) < 4.78 is 7.32. The average Bonchev–Trinajstić information content (AvgIpc) is 2.87. The highest BCUT2D eigenvalue weighted by Crippen LogP contribution is 2.21. The Bertz CT molecular complexity index is 656. The van der Waals surface area contributed by atoms with Gasteiger partial charge in [-0.2, -0.15) is 5.26 Å². The van der Waals surface area contributed by atoms with E-state index in [4.69, 9.17) is 5.26 Å². The summed E-state index contributed by atoms with van der Waals surface area (Å²) in [6.07, 6.45) is 1.85. The van der Waals surface area contributed by atoms with Crippen molar-refractivity contribution in [1.82, 2.24) is 4.57 Å². The molecule has 0 radical (unpaired) electrons. The van der Waals surface area contributed by atoms with Crippen molar-refractivity contribution in [2.24, 2.45) is 0 Å². The predicted octanol–water partition coefficient (Wildman–Crippen LogP) is 2.96. The van der Waals surface area contributed by atoms with Crippen LogP contribution in [0.15, 0.2) is 41.0 Å². The molecule has 1 aromatic carbocycles. The number of rotatable bonds is 3. The van der Waals surface area contributed by atoms with Gasteiger partial charge in [0.05, 0.1) is 12.7 Å². The second-order valence-corrected chi connectivity index (χ2v) is 4.79. The SMILES string of the molecule is COC(=O)c1ccc(Cn2cccc2C#N)c(Br)c1. The van der Waals surface area contributed by atoms with E-state index < -0.39 is 0 Å². The van der Waals surface area contributed by atoms with E-state index in [1.807, 2.05) is 22.9 Å². The molecule has 0 atom stereocenters. The summed E-state index contributed by atoms with van der Waals surface area (Å²) in [5.41, 5.74) is 2.08. The van der Waals surface area contributed by atoms with E-state index in [1.54, 1.807) is 18.2 Å². The van der Waals surface area contributed by atoms with E-state index in [1.165, 1.54) is 7.11 Å². The van der Waals surface area contributed by atoms with Crippen LogP contribution in [0.4, 0.5) is 0 Å². The van der Waals surface area contributed by atoms with Gasteiger partial charge in [-0.05, 0) is 29.8 Å². The zero-order chi connectivity index (χ0) is 13.8. The van der Waals surface area contributed by atoms with Gasteiger partial charge in [-0.1, -0.05) is 22.0 Å². The van der Waals surface area contributed by atoms with Crippen molar-refractivity contribution >= 4 is 21.9 Å². The lowest BCUT2D eigenvalue weighted by molar-refractivity contribution is 0.0600. The third-order valence-electron chi connectivity index (χ3n) is 2.76. The fourth-order valence-corrected chi connectivity index (χ4v) is 2.26. The molecular weight excluding hydrogens is 308 g/mol. The second-order valence-electron chi connectivity index (χ2n) is 3.93. The van der Waals surface area contributed by atoms with Gasteiger partial charge in [0.1, 0.15) is 11.8 Å². The molecule has 5 heteroatoms. The molecule has 19 heavy (non-hydrogen) atoms. The summed E-state index contributed by atoms with van der Waals surface area (Å²) in [6, 6.07) is 11.0. The first-order valence-corrected chi connectivity index (χ1v) is 6.37. The number of ether oxygens (including phenoxy) is 1. The lowest BCUT2D eigenvalue weighted by atomic mass is 10.1. The third-order valence-corrected chi connectivity index (χ3v) is 3.50. The third kappa shape index (κ3) is 2.85. The summed E-state index contributed by atoms with van der Waals surface area (Å²) >= 11 is 3.43. The van der Waals surface area contributed by atoms with Crippen LogP contribution < -0.4 is 0 Å². The number of nitriles is 1. The molecule has 0 N–H and O–H groups in total. The quantitative estimate of drug-likeness (QED) is 0.817. The number of carbonyl (C=O) groups excluding carboxylic acids is 1. The van der Waals surface area contributed by atoms with Gasteiger partial charge < -0.3 is 9.30 Å². The van der Waals surface area contributed by atoms with Crippen molar-refractivity contribution in [2.75, 3.05) is 7.11 Å². The molecule has 2 aromatic rings. The summed E-state index contributed by atoms with van der Waals surface area (Å²) in [5, 5.41) is 8.96. The number of nitrogens with zero attached hydrogens (tertiary/aromatic N) is 2. The van der Waals surface area contributed by atoms with Gasteiger partial charge in [-0.15, -0.1) is 0 Å². The van der Waals surface area contributed by atoms with Crippen LogP contribution >= 0.6 is 15.9 Å². The molecule has 0 bridgehead atoms. The molecule has 0 aliphatic heterocycles. The molecule has 1 aromatic heterocycles. The summed E-state index contributed by atoms with van der Waals surface area (Å²) in [5.74, 6) is -0.370. The lowest BCUT2D eigenvalue weighted by Crippen LogP contribution is -2.04. The van der Waals surface area contributed by atoms with Crippen LogP contribution in [0.1, 0.15) is 21.6 Å². The molecule has 0 unspecified atom stereocenters. The molecule has 2 rings (SSSR count). The number of hydrogen-bond donors (Lipinski definition) is 0. The second kappa shape index (κ2) is 5.72. The maximum Gasteiger partial charge on any atom is 0.337 e. The average molecular weight is 319 g/mol. The van der Waals surface area contributed by atoms with Gasteiger partial charge in [-0.3, -0.25) is 0 Å². The Morgan fingerprint density at radius 3 is 2.89 bits per heavy atom. The molecule has 0 fully saturated rings. The highest BCUT2D eigenvalue weighted by Gasteiger charge is 2.09. The molecule has 4 nitrogen and oxygen atoms in total. The maximum atomic E-state index is 11.4. The Morgan fingerprint density at radius 2 is 2.26 bits per heavy atom. The van der Waals surface area contributed by atoms with E-state index in [9.17, 15) is 4.79 Å². The number of methoxy groups -OCH3 is 1. The molecule has 0 aliphatic rings. The van der Waals surface area contributed by atoms with Gasteiger partial charge in [0.25, 0.3) is 0 Å². The Balaban J connectivity index is 2.28. The Morgan fingerprint density at radius 1 is 1.47 bits per heavy atom. The maximum absolute atomic E-state index is 11.4. The number of hydrogen-bond acceptors (Lipinski definition) is 3. The molecule has 0 saturated heterocycles. The minimum atomic E-state index is -0.370. The van der Waals surface area contributed by atoms with E-state index in [0.29, 0.717) is 17.8 Å². The van der Waals surface area contributed by atoms with Crippen molar-refractivity contribution in [3.05, 3.63) is 57.8 Å². The lowest BCUT2D eigenvalue weighted by Gasteiger charge is -2.08. The number of aromatic nitrogens is 1. The van der Waals surface area contributed by atoms with Crippen LogP contribution in [0.5, 0.6) is 0 Å². The van der Waals surface area contributed by atoms with Crippen molar-refractivity contribution in [3.63, 3.8) is 0 Å². The van der Waals surface area contributed by atoms with Crippen LogP contribution in [0.25, 0.3) is 0 Å². The summed E-state index contributed by atoms with van der Waals surface area (Å²) in [7, 11) is 1.35. The van der Waals surface area contributed by atoms with Gasteiger partial charge in [-0.25, -0.2) is 4.79 Å². The number of benzene rings is 1. The summed E-state index contributed by atoms with van der Waals surface area (Å²) in [6.45, 7) is 0.567. The van der Waals surface area contributed by atoms with Crippen LogP contribution in [0.3, 0.4) is 0 Å². The van der Waals surface area contributed by atoms with Crippen molar-refractivity contribution < 1.29 is 9.53 Å². The fraction of sp³-hybridized carbons (Fsp3) is 0.143. The number of esters is 1. The smallest absolute Gasteiger partial charge is 0.337 e. The monoisotopic (exact) mass is 318 g/mol. The first kappa shape index (κ1) is 13.4. The van der Waals surface area contributed by atoms with Crippen molar-refractivity contribution in [3.8, 4) is 6.07 Å². The Kier molecular flexibility index (Phi) is 4.03. The van der Waals surface area contributed by atoms with Gasteiger partial charge >= 0.3 is 5.97 Å². The van der Waals surface area contributed by atoms with E-state index >= 15 is 0 Å². The molecule has 0 saturated carbocycles. The number of carbonyl (C=O) groups is 1. The largest absolute Gasteiger partial charge is 0.465 e. The Hall–Kier alpha value is -2.06. The van der Waals surface area contributed by atoms with Gasteiger partial charge in [0.15, 0.2) is 0 Å². The molecular formula is C14H11BrN2O2. The van der Waals surface area contributed by atoms with Crippen molar-refractivity contribution in [1.29, 1.82) is 5.26 Å². The van der Waals surface area contributed by atoms with Crippen LogP contribution in [0, 0.1) is 11.3 Å². The van der Waals surface area contributed by atoms with E-state index in [2.05, 4.69) is 26.7 Å². The zero-order valence-corrected chi connectivity index (χ0v) is 11.8. The molecule has 0 aliphatic carbocycles. The van der Waals surface area contributed by atoms with Crippen LogP contribution in [0.2, 0.25) is 0 Å². The van der Waals surface area contributed by atoms with Crippen molar-refractivity contribution in [2.45, 2.75) is 6.54 Å².